The lowest BCUT2D eigenvalue weighted by atomic mass is 10.1. The number of ether oxygens (including phenoxy) is 1. The van der Waals surface area contributed by atoms with Crippen LogP contribution in [0.3, 0.4) is 0 Å². The zero-order valence-corrected chi connectivity index (χ0v) is 7.90. The van der Waals surface area contributed by atoms with Crippen molar-refractivity contribution < 1.29 is 9.53 Å². The van der Waals surface area contributed by atoms with Gasteiger partial charge in [-0.3, -0.25) is 4.90 Å². The third-order valence-electron chi connectivity index (χ3n) is 2.71. The van der Waals surface area contributed by atoms with Crippen molar-refractivity contribution in [2.75, 3.05) is 6.61 Å². The standard InChI is InChI=1S/C10H15NO2/c1-2-3-4-8-5-6-9-7-13-10(12)11(8)9/h5-6,8-9H,2-4,7H2,1H3/t8-,9+/m0/s1. The van der Waals surface area contributed by atoms with Crippen molar-refractivity contribution in [1.82, 2.24) is 4.90 Å². The van der Waals surface area contributed by atoms with Crippen LogP contribution in [0.1, 0.15) is 26.2 Å². The van der Waals surface area contributed by atoms with Crippen molar-refractivity contribution >= 4 is 6.09 Å². The van der Waals surface area contributed by atoms with Crippen LogP contribution >= 0.6 is 0 Å². The van der Waals surface area contributed by atoms with Crippen molar-refractivity contribution in [1.29, 1.82) is 0 Å². The fourth-order valence-electron chi connectivity index (χ4n) is 1.97. The first kappa shape index (κ1) is 8.60. The maximum Gasteiger partial charge on any atom is 0.410 e. The van der Waals surface area contributed by atoms with Crippen LogP contribution in [0.25, 0.3) is 0 Å². The van der Waals surface area contributed by atoms with Gasteiger partial charge < -0.3 is 4.74 Å². The van der Waals surface area contributed by atoms with E-state index in [9.17, 15) is 4.79 Å². The van der Waals surface area contributed by atoms with Gasteiger partial charge in [-0.05, 0) is 6.42 Å². The van der Waals surface area contributed by atoms with E-state index in [0.29, 0.717) is 12.6 Å². The van der Waals surface area contributed by atoms with Crippen molar-refractivity contribution in [3.8, 4) is 0 Å². The zero-order chi connectivity index (χ0) is 9.26. The summed E-state index contributed by atoms with van der Waals surface area (Å²) < 4.78 is 4.97. The van der Waals surface area contributed by atoms with Crippen LogP contribution in [0.15, 0.2) is 12.2 Å². The Morgan fingerprint density at radius 2 is 2.46 bits per heavy atom. The molecule has 1 amide bonds. The van der Waals surface area contributed by atoms with Crippen molar-refractivity contribution in [3.63, 3.8) is 0 Å². The van der Waals surface area contributed by atoms with Gasteiger partial charge >= 0.3 is 6.09 Å². The lowest BCUT2D eigenvalue weighted by molar-refractivity contribution is 0.152. The molecular formula is C10H15NO2. The van der Waals surface area contributed by atoms with E-state index in [-0.39, 0.29) is 12.1 Å². The first-order valence-corrected chi connectivity index (χ1v) is 4.96. The van der Waals surface area contributed by atoms with Crippen LogP contribution in [-0.4, -0.2) is 29.7 Å². The fourth-order valence-corrected chi connectivity index (χ4v) is 1.97. The van der Waals surface area contributed by atoms with Gasteiger partial charge in [0.2, 0.25) is 0 Å². The number of amides is 1. The van der Waals surface area contributed by atoms with E-state index in [2.05, 4.69) is 19.1 Å². The summed E-state index contributed by atoms with van der Waals surface area (Å²) in [5, 5.41) is 0. The molecule has 0 radical (unpaired) electrons. The first-order valence-electron chi connectivity index (χ1n) is 4.96. The summed E-state index contributed by atoms with van der Waals surface area (Å²) in [6.07, 6.45) is 7.50. The molecule has 13 heavy (non-hydrogen) atoms. The van der Waals surface area contributed by atoms with Crippen LogP contribution in [0.5, 0.6) is 0 Å². The highest BCUT2D eigenvalue weighted by Gasteiger charge is 2.38. The Morgan fingerprint density at radius 3 is 3.23 bits per heavy atom. The highest BCUT2D eigenvalue weighted by atomic mass is 16.6. The van der Waals surface area contributed by atoms with Crippen LogP contribution in [-0.2, 0) is 4.74 Å². The molecule has 2 atom stereocenters. The number of cyclic esters (lactones) is 1. The molecule has 0 bridgehead atoms. The predicted octanol–water partition coefficient (Wildman–Crippen LogP) is 1.94. The summed E-state index contributed by atoms with van der Waals surface area (Å²) in [6.45, 7) is 2.70. The topological polar surface area (TPSA) is 29.5 Å². The van der Waals surface area contributed by atoms with Gasteiger partial charge in [0.05, 0.1) is 12.1 Å². The van der Waals surface area contributed by atoms with Gasteiger partial charge in [-0.2, -0.15) is 0 Å². The molecule has 0 aromatic heterocycles. The molecule has 0 aliphatic carbocycles. The summed E-state index contributed by atoms with van der Waals surface area (Å²) in [5.41, 5.74) is 0. The smallest absolute Gasteiger partial charge is 0.410 e. The number of fused-ring (bicyclic) bond motifs is 1. The molecule has 1 fully saturated rings. The number of hydrogen-bond acceptors (Lipinski definition) is 2. The number of rotatable bonds is 3. The van der Waals surface area contributed by atoms with Crippen LogP contribution in [0.2, 0.25) is 0 Å². The van der Waals surface area contributed by atoms with Gasteiger partial charge in [-0.25, -0.2) is 4.79 Å². The summed E-state index contributed by atoms with van der Waals surface area (Å²) in [6, 6.07) is 0.509. The third-order valence-corrected chi connectivity index (χ3v) is 2.71. The van der Waals surface area contributed by atoms with E-state index in [1.54, 1.807) is 0 Å². The summed E-state index contributed by atoms with van der Waals surface area (Å²) in [7, 11) is 0. The van der Waals surface area contributed by atoms with Crippen LogP contribution in [0.4, 0.5) is 4.79 Å². The van der Waals surface area contributed by atoms with Crippen molar-refractivity contribution in [3.05, 3.63) is 12.2 Å². The second kappa shape index (κ2) is 3.40. The molecule has 0 saturated carbocycles. The fraction of sp³-hybridized carbons (Fsp3) is 0.700. The Labute approximate surface area is 78.4 Å². The molecule has 2 heterocycles. The Morgan fingerprint density at radius 1 is 1.62 bits per heavy atom. The molecule has 0 unspecified atom stereocenters. The van der Waals surface area contributed by atoms with Gasteiger partial charge in [0.25, 0.3) is 0 Å². The van der Waals surface area contributed by atoms with E-state index < -0.39 is 0 Å². The second-order valence-corrected chi connectivity index (χ2v) is 3.65. The SMILES string of the molecule is CCCC[C@H]1C=C[C@@H]2COC(=O)N12. The highest BCUT2D eigenvalue weighted by Crippen LogP contribution is 2.26. The van der Waals surface area contributed by atoms with Crippen LogP contribution in [0, 0.1) is 0 Å². The maximum atomic E-state index is 11.3. The molecule has 2 aliphatic heterocycles. The average molecular weight is 181 g/mol. The van der Waals surface area contributed by atoms with Gasteiger partial charge in [0.1, 0.15) is 6.61 Å². The molecule has 1 saturated heterocycles. The molecule has 72 valence electrons. The second-order valence-electron chi connectivity index (χ2n) is 3.65. The quantitative estimate of drug-likeness (QED) is 0.623. The zero-order valence-electron chi connectivity index (χ0n) is 7.90. The molecule has 2 rings (SSSR count). The molecule has 2 aliphatic rings. The Bertz CT molecular complexity index is 237. The first-order chi connectivity index (χ1) is 6.33. The van der Waals surface area contributed by atoms with Crippen molar-refractivity contribution in [2.45, 2.75) is 38.3 Å². The Hall–Kier alpha value is -0.990. The summed E-state index contributed by atoms with van der Waals surface area (Å²) in [4.78, 5) is 13.1. The molecule has 0 aromatic rings. The summed E-state index contributed by atoms with van der Waals surface area (Å²) >= 11 is 0. The molecular weight excluding hydrogens is 166 g/mol. The predicted molar refractivity (Wildman–Crippen MR) is 49.4 cm³/mol. The molecule has 3 heteroatoms. The minimum absolute atomic E-state index is 0.142. The van der Waals surface area contributed by atoms with Gasteiger partial charge in [-0.1, -0.05) is 31.9 Å². The lowest BCUT2D eigenvalue weighted by Gasteiger charge is -2.20. The summed E-state index contributed by atoms with van der Waals surface area (Å²) in [5.74, 6) is 0. The average Bonchev–Trinajstić information content (AvgIpc) is 2.67. The number of unbranched alkanes of at least 4 members (excludes halogenated alkanes) is 1. The van der Waals surface area contributed by atoms with Gasteiger partial charge in [0, 0.05) is 0 Å². The Balaban J connectivity index is 1.98. The molecule has 0 spiro atoms. The number of carbonyl (C=O) groups excluding carboxylic acids is 1. The highest BCUT2D eigenvalue weighted by molar-refractivity contribution is 5.72. The maximum absolute atomic E-state index is 11.3. The molecule has 0 N–H and O–H groups in total. The molecule has 0 aromatic carbocycles. The largest absolute Gasteiger partial charge is 0.447 e. The van der Waals surface area contributed by atoms with Crippen molar-refractivity contribution in [2.24, 2.45) is 0 Å². The minimum atomic E-state index is -0.142. The van der Waals surface area contributed by atoms with Gasteiger partial charge in [-0.15, -0.1) is 0 Å². The minimum Gasteiger partial charge on any atom is -0.447 e. The normalized spacial score (nSPS) is 30.8. The van der Waals surface area contributed by atoms with Crippen LogP contribution < -0.4 is 0 Å². The van der Waals surface area contributed by atoms with E-state index in [4.69, 9.17) is 4.74 Å². The monoisotopic (exact) mass is 181 g/mol. The van der Waals surface area contributed by atoms with E-state index in [1.807, 2.05) is 4.90 Å². The number of nitrogens with zero attached hydrogens (tertiary/aromatic N) is 1. The van der Waals surface area contributed by atoms with Gasteiger partial charge in [0.15, 0.2) is 0 Å². The van der Waals surface area contributed by atoms with E-state index >= 15 is 0 Å². The molecule has 3 nitrogen and oxygen atoms in total. The Kier molecular flexibility index (Phi) is 2.25. The van der Waals surface area contributed by atoms with E-state index in [0.717, 1.165) is 6.42 Å². The lowest BCUT2D eigenvalue weighted by Crippen LogP contribution is -2.35. The third kappa shape index (κ3) is 1.43. The van der Waals surface area contributed by atoms with E-state index in [1.165, 1.54) is 12.8 Å². The number of hydrogen-bond donors (Lipinski definition) is 0. The number of carbonyl (C=O) groups is 1.